The van der Waals surface area contributed by atoms with Gasteiger partial charge in [-0.25, -0.2) is 4.98 Å². The molecule has 0 amide bonds. The first-order valence-electron chi connectivity index (χ1n) is 6.42. The molecular weight excluding hydrogens is 248 g/mol. The maximum absolute atomic E-state index is 12.2. The highest BCUT2D eigenvalue weighted by Crippen LogP contribution is 2.16. The second-order valence-corrected chi connectivity index (χ2v) is 4.66. The van der Waals surface area contributed by atoms with E-state index in [1.54, 1.807) is 18.3 Å². The minimum atomic E-state index is -0.0150. The minimum Gasteiger partial charge on any atom is -0.335 e. The van der Waals surface area contributed by atoms with Crippen LogP contribution in [0.25, 0.3) is 16.8 Å². The SMILES string of the molecule is Cn1ccnc1C=CC(=O)c1ccc2ccccc2c1. The Bertz CT molecular complexity index is 799. The molecule has 3 rings (SSSR count). The number of aromatic nitrogens is 2. The molecule has 3 nitrogen and oxygen atoms in total. The number of hydrogen-bond donors (Lipinski definition) is 0. The Hall–Kier alpha value is -2.68. The Labute approximate surface area is 117 Å². The van der Waals surface area contributed by atoms with E-state index < -0.39 is 0 Å². The van der Waals surface area contributed by atoms with Crippen LogP contribution in [0.4, 0.5) is 0 Å². The maximum Gasteiger partial charge on any atom is 0.185 e. The third-order valence-electron chi connectivity index (χ3n) is 3.28. The lowest BCUT2D eigenvalue weighted by atomic mass is 10.0. The number of fused-ring (bicyclic) bond motifs is 1. The van der Waals surface area contributed by atoms with Gasteiger partial charge >= 0.3 is 0 Å². The molecule has 1 aromatic heterocycles. The lowest BCUT2D eigenvalue weighted by Gasteiger charge is -2.00. The van der Waals surface area contributed by atoms with Gasteiger partial charge in [0.15, 0.2) is 5.78 Å². The molecule has 0 spiro atoms. The van der Waals surface area contributed by atoms with Gasteiger partial charge in [0.05, 0.1) is 0 Å². The average molecular weight is 262 g/mol. The zero-order valence-corrected chi connectivity index (χ0v) is 11.2. The summed E-state index contributed by atoms with van der Waals surface area (Å²) in [7, 11) is 1.90. The van der Waals surface area contributed by atoms with E-state index in [9.17, 15) is 4.79 Å². The van der Waals surface area contributed by atoms with Gasteiger partial charge in [0.1, 0.15) is 5.82 Å². The second kappa shape index (κ2) is 5.13. The van der Waals surface area contributed by atoms with Gasteiger partial charge in [-0.3, -0.25) is 4.79 Å². The van der Waals surface area contributed by atoms with Gasteiger partial charge < -0.3 is 4.57 Å². The van der Waals surface area contributed by atoms with Gasteiger partial charge in [-0.05, 0) is 29.0 Å². The van der Waals surface area contributed by atoms with Gasteiger partial charge in [-0.15, -0.1) is 0 Å². The molecule has 0 bridgehead atoms. The topological polar surface area (TPSA) is 34.9 Å². The number of nitrogens with zero attached hydrogens (tertiary/aromatic N) is 2. The first-order valence-corrected chi connectivity index (χ1v) is 6.42. The number of imidazole rings is 1. The van der Waals surface area contributed by atoms with E-state index >= 15 is 0 Å². The van der Waals surface area contributed by atoms with Gasteiger partial charge in [-0.2, -0.15) is 0 Å². The summed E-state index contributed by atoms with van der Waals surface area (Å²) in [5.74, 6) is 0.748. The largest absolute Gasteiger partial charge is 0.335 e. The Morgan fingerprint density at radius 1 is 1.15 bits per heavy atom. The lowest BCUT2D eigenvalue weighted by Crippen LogP contribution is -1.95. The van der Waals surface area contributed by atoms with E-state index in [1.165, 1.54) is 0 Å². The summed E-state index contributed by atoms with van der Waals surface area (Å²) < 4.78 is 1.87. The van der Waals surface area contributed by atoms with Crippen molar-refractivity contribution in [1.82, 2.24) is 9.55 Å². The lowest BCUT2D eigenvalue weighted by molar-refractivity contribution is 0.104. The van der Waals surface area contributed by atoms with Crippen LogP contribution in [0.15, 0.2) is 60.9 Å². The van der Waals surface area contributed by atoms with Crippen molar-refractivity contribution in [1.29, 1.82) is 0 Å². The summed E-state index contributed by atoms with van der Waals surface area (Å²) in [6.07, 6.45) is 6.85. The molecule has 0 saturated carbocycles. The van der Waals surface area contributed by atoms with Crippen molar-refractivity contribution in [2.75, 3.05) is 0 Å². The highest BCUT2D eigenvalue weighted by Gasteiger charge is 2.03. The predicted octanol–water partition coefficient (Wildman–Crippen LogP) is 3.47. The summed E-state index contributed by atoms with van der Waals surface area (Å²) >= 11 is 0. The Morgan fingerprint density at radius 2 is 1.95 bits per heavy atom. The van der Waals surface area contributed by atoms with Gasteiger partial charge in [0, 0.05) is 25.0 Å². The first-order chi connectivity index (χ1) is 9.74. The van der Waals surface area contributed by atoms with Crippen LogP contribution in [0.1, 0.15) is 16.2 Å². The molecule has 0 radical (unpaired) electrons. The molecule has 20 heavy (non-hydrogen) atoms. The van der Waals surface area contributed by atoms with Crippen molar-refractivity contribution >= 4 is 22.6 Å². The molecule has 0 unspecified atom stereocenters. The van der Waals surface area contributed by atoms with Crippen LogP contribution in [-0.2, 0) is 7.05 Å². The average Bonchev–Trinajstić information content (AvgIpc) is 2.89. The highest BCUT2D eigenvalue weighted by molar-refractivity contribution is 6.08. The molecule has 0 N–H and O–H groups in total. The van der Waals surface area contributed by atoms with Crippen molar-refractivity contribution in [3.8, 4) is 0 Å². The maximum atomic E-state index is 12.2. The van der Waals surface area contributed by atoms with Gasteiger partial charge in [-0.1, -0.05) is 36.4 Å². The highest BCUT2D eigenvalue weighted by atomic mass is 16.1. The number of aryl methyl sites for hydroxylation is 1. The fraction of sp³-hybridized carbons (Fsp3) is 0.0588. The first kappa shape index (κ1) is 12.4. The zero-order valence-electron chi connectivity index (χ0n) is 11.2. The molecule has 0 aliphatic carbocycles. The molecule has 0 saturated heterocycles. The van der Waals surface area contributed by atoms with Crippen molar-refractivity contribution < 1.29 is 4.79 Å². The summed E-state index contributed by atoms with van der Waals surface area (Å²) in [6, 6.07) is 13.7. The Balaban J connectivity index is 1.89. The quantitative estimate of drug-likeness (QED) is 0.535. The number of carbonyl (C=O) groups excluding carboxylic acids is 1. The summed E-state index contributed by atoms with van der Waals surface area (Å²) in [6.45, 7) is 0. The number of allylic oxidation sites excluding steroid dienone is 1. The van der Waals surface area contributed by atoms with E-state index in [4.69, 9.17) is 0 Å². The number of benzene rings is 2. The van der Waals surface area contributed by atoms with E-state index in [2.05, 4.69) is 4.98 Å². The van der Waals surface area contributed by atoms with Crippen LogP contribution in [0.3, 0.4) is 0 Å². The van der Waals surface area contributed by atoms with E-state index in [-0.39, 0.29) is 5.78 Å². The van der Waals surface area contributed by atoms with Crippen LogP contribution in [0.5, 0.6) is 0 Å². The van der Waals surface area contributed by atoms with E-state index in [1.807, 2.05) is 60.3 Å². The molecule has 0 aliphatic heterocycles. The summed E-state index contributed by atoms with van der Waals surface area (Å²) in [5.41, 5.74) is 0.689. The Morgan fingerprint density at radius 3 is 2.70 bits per heavy atom. The van der Waals surface area contributed by atoms with Crippen LogP contribution in [0.2, 0.25) is 0 Å². The molecule has 2 aromatic carbocycles. The molecular formula is C17H14N2O. The van der Waals surface area contributed by atoms with Crippen LogP contribution in [-0.4, -0.2) is 15.3 Å². The summed E-state index contributed by atoms with van der Waals surface area (Å²) in [4.78, 5) is 16.3. The summed E-state index contributed by atoms with van der Waals surface area (Å²) in [5, 5.41) is 2.21. The standard InChI is InChI=1S/C17H14N2O/c1-19-11-10-18-17(19)9-8-16(20)15-7-6-13-4-2-3-5-14(13)12-15/h2-12H,1H3. The molecule has 3 aromatic rings. The third-order valence-corrected chi connectivity index (χ3v) is 3.28. The Kier molecular flexibility index (Phi) is 3.17. The zero-order chi connectivity index (χ0) is 13.9. The van der Waals surface area contributed by atoms with E-state index in [0.29, 0.717) is 5.56 Å². The van der Waals surface area contributed by atoms with Crippen LogP contribution >= 0.6 is 0 Å². The second-order valence-electron chi connectivity index (χ2n) is 4.66. The monoisotopic (exact) mass is 262 g/mol. The number of ketones is 1. The van der Waals surface area contributed by atoms with Crippen molar-refractivity contribution in [2.24, 2.45) is 7.05 Å². The van der Waals surface area contributed by atoms with Crippen molar-refractivity contribution in [3.05, 3.63) is 72.3 Å². The number of rotatable bonds is 3. The van der Waals surface area contributed by atoms with Crippen LogP contribution in [0, 0.1) is 0 Å². The number of carbonyl (C=O) groups is 1. The fourth-order valence-electron chi connectivity index (χ4n) is 2.13. The van der Waals surface area contributed by atoms with Crippen molar-refractivity contribution in [2.45, 2.75) is 0 Å². The minimum absolute atomic E-state index is 0.0150. The third kappa shape index (κ3) is 2.38. The van der Waals surface area contributed by atoms with Gasteiger partial charge in [0.25, 0.3) is 0 Å². The molecule has 3 heteroatoms. The smallest absolute Gasteiger partial charge is 0.185 e. The number of hydrogen-bond acceptors (Lipinski definition) is 2. The predicted molar refractivity (Wildman–Crippen MR) is 80.5 cm³/mol. The molecule has 1 heterocycles. The normalized spacial score (nSPS) is 11.2. The van der Waals surface area contributed by atoms with Crippen LogP contribution < -0.4 is 0 Å². The van der Waals surface area contributed by atoms with Gasteiger partial charge in [0.2, 0.25) is 0 Å². The molecule has 0 fully saturated rings. The molecule has 0 atom stereocenters. The fourth-order valence-corrected chi connectivity index (χ4v) is 2.13. The molecule has 98 valence electrons. The van der Waals surface area contributed by atoms with E-state index in [0.717, 1.165) is 16.6 Å². The van der Waals surface area contributed by atoms with Crippen molar-refractivity contribution in [3.63, 3.8) is 0 Å². The molecule has 0 aliphatic rings.